The molecule has 1 aliphatic heterocycles. The van der Waals surface area contributed by atoms with E-state index >= 15 is 0 Å². The highest BCUT2D eigenvalue weighted by Crippen LogP contribution is 2.14. The topological polar surface area (TPSA) is 54.9 Å². The molecular weight excluding hydrogens is 322 g/mol. The van der Waals surface area contributed by atoms with Gasteiger partial charge in [-0.2, -0.15) is 0 Å². The Labute approximate surface area is 149 Å². The molecule has 2 N–H and O–H groups in total. The van der Waals surface area contributed by atoms with Crippen molar-refractivity contribution in [2.45, 2.75) is 45.8 Å². The second-order valence-corrected chi connectivity index (χ2v) is 7.50. The fourth-order valence-electron chi connectivity index (χ4n) is 2.60. The third kappa shape index (κ3) is 7.20. The van der Waals surface area contributed by atoms with Gasteiger partial charge in [-0.25, -0.2) is 0 Å². The number of nitrogens with one attached hydrogen (secondary N) is 2. The third-order valence-corrected chi connectivity index (χ3v) is 4.79. The number of nitrogens with zero attached hydrogens (tertiary/aromatic N) is 1. The Morgan fingerprint density at radius 2 is 2.38 bits per heavy atom. The maximum Gasteiger partial charge on any atom is 0.191 e. The van der Waals surface area contributed by atoms with Crippen molar-refractivity contribution in [3.63, 3.8) is 0 Å². The van der Waals surface area contributed by atoms with Crippen molar-refractivity contribution in [1.29, 1.82) is 0 Å². The van der Waals surface area contributed by atoms with Gasteiger partial charge in [0.25, 0.3) is 0 Å². The summed E-state index contributed by atoms with van der Waals surface area (Å²) in [4.78, 5) is 6.16. The Bertz CT molecular complexity index is 473. The van der Waals surface area contributed by atoms with Gasteiger partial charge >= 0.3 is 0 Å². The largest absolute Gasteiger partial charge is 0.379 e. The molecule has 3 atom stereocenters. The molecule has 0 spiro atoms. The maximum atomic E-state index is 5.87. The summed E-state index contributed by atoms with van der Waals surface area (Å²) in [6.07, 6.45) is 2.33. The first kappa shape index (κ1) is 19.2. The minimum Gasteiger partial charge on any atom is -0.379 e. The lowest BCUT2D eigenvalue weighted by Crippen LogP contribution is -2.44. The molecule has 0 amide bonds. The summed E-state index contributed by atoms with van der Waals surface area (Å²) in [7, 11) is 0. The van der Waals surface area contributed by atoms with Crippen LogP contribution < -0.4 is 10.6 Å². The number of ether oxygens (including phenoxy) is 2. The quantitative estimate of drug-likeness (QED) is 0.529. The zero-order valence-electron chi connectivity index (χ0n) is 15.1. The van der Waals surface area contributed by atoms with Gasteiger partial charge in [0, 0.05) is 30.6 Å². The SMILES string of the molecule is CCNC(=NCC(C)Cc1cccs1)NC(C)COC1CCOC1. The average molecular weight is 354 g/mol. The molecule has 1 fully saturated rings. The number of hydrogen-bond acceptors (Lipinski definition) is 4. The Morgan fingerprint density at radius 3 is 3.04 bits per heavy atom. The Morgan fingerprint density at radius 1 is 1.50 bits per heavy atom. The molecule has 0 aromatic carbocycles. The van der Waals surface area contributed by atoms with Crippen LogP contribution >= 0.6 is 11.3 Å². The van der Waals surface area contributed by atoms with Crippen LogP contribution in [-0.4, -0.2) is 51.0 Å². The second kappa shape index (κ2) is 10.7. The number of hydrogen-bond donors (Lipinski definition) is 2. The monoisotopic (exact) mass is 353 g/mol. The smallest absolute Gasteiger partial charge is 0.191 e. The van der Waals surface area contributed by atoms with Crippen molar-refractivity contribution in [3.05, 3.63) is 22.4 Å². The second-order valence-electron chi connectivity index (χ2n) is 6.47. The van der Waals surface area contributed by atoms with Crippen LogP contribution in [0.4, 0.5) is 0 Å². The van der Waals surface area contributed by atoms with Crippen molar-refractivity contribution in [2.24, 2.45) is 10.9 Å². The Kier molecular flexibility index (Phi) is 8.56. The lowest BCUT2D eigenvalue weighted by atomic mass is 10.1. The molecule has 5 nitrogen and oxygen atoms in total. The number of aliphatic imine (C=N–C) groups is 1. The number of thiophene rings is 1. The molecule has 24 heavy (non-hydrogen) atoms. The van der Waals surface area contributed by atoms with E-state index in [1.54, 1.807) is 0 Å². The van der Waals surface area contributed by atoms with Gasteiger partial charge in [0.2, 0.25) is 0 Å². The fraction of sp³-hybridized carbons (Fsp3) is 0.722. The summed E-state index contributed by atoms with van der Waals surface area (Å²) in [5.74, 6) is 1.40. The molecule has 0 radical (unpaired) electrons. The van der Waals surface area contributed by atoms with Gasteiger partial charge in [-0.1, -0.05) is 13.0 Å². The van der Waals surface area contributed by atoms with Crippen LogP contribution in [-0.2, 0) is 15.9 Å². The maximum absolute atomic E-state index is 5.87. The van der Waals surface area contributed by atoms with Crippen molar-refractivity contribution >= 4 is 17.3 Å². The average Bonchev–Trinajstić information content (AvgIpc) is 3.24. The molecule has 0 aliphatic carbocycles. The standard InChI is InChI=1S/C18H31N3O2S/c1-4-19-18(20-11-14(2)10-17-6-5-9-24-17)21-15(3)12-23-16-7-8-22-13-16/h5-6,9,14-16H,4,7-8,10-13H2,1-3H3,(H2,19,20,21). The molecule has 1 aliphatic rings. The molecule has 3 unspecified atom stereocenters. The van der Waals surface area contributed by atoms with Crippen molar-refractivity contribution in [1.82, 2.24) is 10.6 Å². The molecule has 136 valence electrons. The number of guanidine groups is 1. The minimum atomic E-state index is 0.219. The third-order valence-electron chi connectivity index (χ3n) is 3.89. The first-order valence-corrected chi connectivity index (χ1v) is 9.82. The summed E-state index contributed by atoms with van der Waals surface area (Å²) in [5.41, 5.74) is 0. The van der Waals surface area contributed by atoms with Crippen LogP contribution in [0.2, 0.25) is 0 Å². The first-order valence-electron chi connectivity index (χ1n) is 8.94. The van der Waals surface area contributed by atoms with Crippen molar-refractivity contribution in [3.8, 4) is 0 Å². The van der Waals surface area contributed by atoms with E-state index in [2.05, 4.69) is 48.9 Å². The van der Waals surface area contributed by atoms with E-state index in [9.17, 15) is 0 Å². The highest BCUT2D eigenvalue weighted by atomic mass is 32.1. The van der Waals surface area contributed by atoms with Crippen LogP contribution in [0.5, 0.6) is 0 Å². The molecule has 1 aromatic rings. The van der Waals surface area contributed by atoms with Gasteiger partial charge in [-0.15, -0.1) is 11.3 Å². The van der Waals surface area contributed by atoms with E-state index < -0.39 is 0 Å². The van der Waals surface area contributed by atoms with Gasteiger partial charge in [0.1, 0.15) is 0 Å². The van der Waals surface area contributed by atoms with Gasteiger partial charge in [0.05, 0.1) is 19.3 Å². The molecule has 0 bridgehead atoms. The van der Waals surface area contributed by atoms with E-state index in [1.807, 2.05) is 11.3 Å². The molecule has 6 heteroatoms. The number of rotatable bonds is 9. The van der Waals surface area contributed by atoms with E-state index in [1.165, 1.54) is 4.88 Å². The normalized spacial score (nSPS) is 20.8. The first-order chi connectivity index (χ1) is 11.7. The summed E-state index contributed by atoms with van der Waals surface area (Å²) in [6, 6.07) is 4.52. The van der Waals surface area contributed by atoms with Gasteiger partial charge < -0.3 is 20.1 Å². The lowest BCUT2D eigenvalue weighted by Gasteiger charge is -2.20. The van der Waals surface area contributed by atoms with Crippen LogP contribution in [0, 0.1) is 5.92 Å². The molecule has 1 saturated heterocycles. The van der Waals surface area contributed by atoms with Gasteiger partial charge in [0.15, 0.2) is 5.96 Å². The zero-order valence-corrected chi connectivity index (χ0v) is 15.9. The Balaban J connectivity index is 1.74. The van der Waals surface area contributed by atoms with E-state index in [-0.39, 0.29) is 12.1 Å². The highest BCUT2D eigenvalue weighted by Gasteiger charge is 2.17. The zero-order chi connectivity index (χ0) is 17.2. The Hall–Kier alpha value is -1.11. The summed E-state index contributed by atoms with van der Waals surface area (Å²) in [5, 5.41) is 8.88. The summed E-state index contributed by atoms with van der Waals surface area (Å²) in [6.45, 7) is 10.3. The predicted molar refractivity (Wildman–Crippen MR) is 101 cm³/mol. The van der Waals surface area contributed by atoms with Crippen molar-refractivity contribution in [2.75, 3.05) is 32.9 Å². The van der Waals surface area contributed by atoms with E-state index in [0.29, 0.717) is 12.5 Å². The fourth-order valence-corrected chi connectivity index (χ4v) is 3.47. The molecular formula is C18H31N3O2S. The summed E-state index contributed by atoms with van der Waals surface area (Å²) < 4.78 is 11.2. The molecule has 2 heterocycles. The summed E-state index contributed by atoms with van der Waals surface area (Å²) >= 11 is 1.82. The van der Waals surface area contributed by atoms with E-state index in [0.717, 1.165) is 45.1 Å². The highest BCUT2D eigenvalue weighted by molar-refractivity contribution is 7.09. The molecule has 2 rings (SSSR count). The lowest BCUT2D eigenvalue weighted by molar-refractivity contribution is 0.0347. The van der Waals surface area contributed by atoms with Crippen LogP contribution in [0.25, 0.3) is 0 Å². The van der Waals surface area contributed by atoms with Crippen LogP contribution in [0.15, 0.2) is 22.5 Å². The van der Waals surface area contributed by atoms with Crippen molar-refractivity contribution < 1.29 is 9.47 Å². The van der Waals surface area contributed by atoms with Gasteiger partial charge in [-0.3, -0.25) is 4.99 Å². The van der Waals surface area contributed by atoms with Crippen LogP contribution in [0.1, 0.15) is 32.1 Å². The molecule has 1 aromatic heterocycles. The molecule has 0 saturated carbocycles. The predicted octanol–water partition coefficient (Wildman–Crippen LogP) is 2.68. The van der Waals surface area contributed by atoms with Crippen LogP contribution in [0.3, 0.4) is 0 Å². The minimum absolute atomic E-state index is 0.219. The van der Waals surface area contributed by atoms with Gasteiger partial charge in [-0.05, 0) is 44.1 Å². The van der Waals surface area contributed by atoms with E-state index in [4.69, 9.17) is 14.5 Å².